The Balaban J connectivity index is 2.26. The smallest absolute Gasteiger partial charge is 0.250 e. The number of nitrogens with one attached hydrogen (secondary N) is 2. The molecular weight excluding hydrogens is 216 g/mol. The Bertz CT molecular complexity index is 682. The molecule has 0 atom stereocenters. The highest BCUT2D eigenvalue weighted by atomic mass is 16.1. The van der Waals surface area contributed by atoms with Crippen LogP contribution in [0.4, 0.5) is 0 Å². The fourth-order valence-electron chi connectivity index (χ4n) is 1.84. The molecule has 5 nitrogen and oxygen atoms in total. The van der Waals surface area contributed by atoms with Crippen LogP contribution >= 0.6 is 0 Å². The normalized spacial score (nSPS) is 10.8. The van der Waals surface area contributed by atoms with E-state index in [-0.39, 0.29) is 0 Å². The average Bonchev–Trinajstić information content (AvgIpc) is 2.96. The van der Waals surface area contributed by atoms with Crippen molar-refractivity contribution in [3.05, 3.63) is 42.2 Å². The van der Waals surface area contributed by atoms with Gasteiger partial charge in [-0.2, -0.15) is 0 Å². The zero-order valence-corrected chi connectivity index (χ0v) is 8.90. The molecule has 0 bridgehead atoms. The second kappa shape index (κ2) is 3.48. The number of amides is 1. The number of aromatic amines is 2. The van der Waals surface area contributed by atoms with Gasteiger partial charge in [-0.05, 0) is 18.2 Å². The summed E-state index contributed by atoms with van der Waals surface area (Å²) in [5.41, 5.74) is 8.09. The van der Waals surface area contributed by atoms with Crippen molar-refractivity contribution < 1.29 is 4.79 Å². The van der Waals surface area contributed by atoms with Crippen LogP contribution in [-0.2, 0) is 0 Å². The summed E-state index contributed by atoms with van der Waals surface area (Å²) in [6.07, 6.45) is 3.65. The molecule has 0 saturated heterocycles. The number of para-hydroxylation sites is 1. The number of benzene rings is 1. The molecule has 2 heterocycles. The maximum absolute atomic E-state index is 11.3. The van der Waals surface area contributed by atoms with Crippen LogP contribution in [-0.4, -0.2) is 20.9 Å². The molecule has 0 radical (unpaired) electrons. The van der Waals surface area contributed by atoms with Crippen molar-refractivity contribution in [3.8, 4) is 11.4 Å². The third-order valence-corrected chi connectivity index (χ3v) is 2.65. The maximum atomic E-state index is 11.3. The number of carbonyl (C=O) groups is 1. The van der Waals surface area contributed by atoms with E-state index in [2.05, 4.69) is 15.0 Å². The van der Waals surface area contributed by atoms with E-state index in [0.717, 1.165) is 16.9 Å². The van der Waals surface area contributed by atoms with Gasteiger partial charge in [-0.3, -0.25) is 4.79 Å². The van der Waals surface area contributed by atoms with Crippen molar-refractivity contribution in [2.75, 3.05) is 0 Å². The molecule has 0 aliphatic carbocycles. The van der Waals surface area contributed by atoms with Gasteiger partial charge in [-0.15, -0.1) is 0 Å². The number of rotatable bonds is 2. The lowest BCUT2D eigenvalue weighted by molar-refractivity contribution is 0.100. The molecular formula is C12H10N4O. The molecule has 1 amide bonds. The third kappa shape index (κ3) is 1.48. The van der Waals surface area contributed by atoms with Crippen molar-refractivity contribution in [1.82, 2.24) is 15.0 Å². The van der Waals surface area contributed by atoms with Crippen LogP contribution in [0.15, 0.2) is 36.7 Å². The first-order valence-electron chi connectivity index (χ1n) is 5.17. The molecule has 0 saturated carbocycles. The first kappa shape index (κ1) is 9.65. The molecule has 0 spiro atoms. The average molecular weight is 226 g/mol. The zero-order chi connectivity index (χ0) is 11.8. The molecule has 1 aromatic carbocycles. The van der Waals surface area contributed by atoms with Gasteiger partial charge in [0.2, 0.25) is 0 Å². The molecule has 2 aromatic heterocycles. The number of hydrogen-bond acceptors (Lipinski definition) is 2. The van der Waals surface area contributed by atoms with Gasteiger partial charge in [0.25, 0.3) is 5.91 Å². The molecule has 0 aliphatic heterocycles. The molecule has 0 unspecified atom stereocenters. The maximum Gasteiger partial charge on any atom is 0.250 e. The van der Waals surface area contributed by atoms with E-state index in [4.69, 9.17) is 5.73 Å². The topological polar surface area (TPSA) is 87.6 Å². The predicted molar refractivity (Wildman–Crippen MR) is 64.4 cm³/mol. The summed E-state index contributed by atoms with van der Waals surface area (Å²) in [5, 5.41) is 0. The highest BCUT2D eigenvalue weighted by Gasteiger charge is 2.11. The molecule has 3 rings (SSSR count). The van der Waals surface area contributed by atoms with E-state index >= 15 is 0 Å². The van der Waals surface area contributed by atoms with Crippen LogP contribution in [0.5, 0.6) is 0 Å². The number of H-pyrrole nitrogens is 2. The summed E-state index contributed by atoms with van der Waals surface area (Å²) >= 11 is 0. The summed E-state index contributed by atoms with van der Waals surface area (Å²) in [5.74, 6) is 0.248. The van der Waals surface area contributed by atoms with Crippen molar-refractivity contribution in [3.63, 3.8) is 0 Å². The Hall–Kier alpha value is -2.56. The number of nitrogens with two attached hydrogens (primary N) is 1. The van der Waals surface area contributed by atoms with Gasteiger partial charge < -0.3 is 15.7 Å². The highest BCUT2D eigenvalue weighted by molar-refractivity contribution is 6.04. The molecule has 84 valence electrons. The standard InChI is InChI=1S/C12H10N4O/c13-11(17)8-2-1-3-9-10(8)16-12(15-9)7-4-5-14-6-7/h1-6,14H,(H2,13,17)(H,15,16). The fourth-order valence-corrected chi connectivity index (χ4v) is 1.84. The number of primary amides is 1. The fraction of sp³-hybridized carbons (Fsp3) is 0. The van der Waals surface area contributed by atoms with Crippen molar-refractivity contribution in [2.24, 2.45) is 5.73 Å². The van der Waals surface area contributed by atoms with E-state index < -0.39 is 5.91 Å². The lowest BCUT2D eigenvalue weighted by Gasteiger charge is -1.94. The summed E-state index contributed by atoms with van der Waals surface area (Å²) in [7, 11) is 0. The molecule has 0 aliphatic rings. The quantitative estimate of drug-likeness (QED) is 0.620. The number of fused-ring (bicyclic) bond motifs is 1. The Morgan fingerprint density at radius 2 is 2.18 bits per heavy atom. The molecule has 17 heavy (non-hydrogen) atoms. The first-order chi connectivity index (χ1) is 8.25. The largest absolute Gasteiger partial charge is 0.367 e. The van der Waals surface area contributed by atoms with Gasteiger partial charge in [0.1, 0.15) is 11.3 Å². The zero-order valence-electron chi connectivity index (χ0n) is 8.90. The number of carbonyl (C=O) groups excluding carboxylic acids is 1. The Morgan fingerprint density at radius 3 is 2.88 bits per heavy atom. The van der Waals surface area contributed by atoms with E-state index in [1.807, 2.05) is 24.5 Å². The van der Waals surface area contributed by atoms with Gasteiger partial charge in [0, 0.05) is 18.0 Å². The van der Waals surface area contributed by atoms with Crippen molar-refractivity contribution in [2.45, 2.75) is 0 Å². The van der Waals surface area contributed by atoms with Gasteiger partial charge in [-0.1, -0.05) is 6.07 Å². The van der Waals surface area contributed by atoms with Crippen LogP contribution in [0, 0.1) is 0 Å². The highest BCUT2D eigenvalue weighted by Crippen LogP contribution is 2.22. The van der Waals surface area contributed by atoms with E-state index in [1.165, 1.54) is 0 Å². The minimum Gasteiger partial charge on any atom is -0.367 e. The third-order valence-electron chi connectivity index (χ3n) is 2.65. The van der Waals surface area contributed by atoms with Gasteiger partial charge in [-0.25, -0.2) is 4.98 Å². The van der Waals surface area contributed by atoms with Gasteiger partial charge in [0.05, 0.1) is 11.1 Å². The summed E-state index contributed by atoms with van der Waals surface area (Å²) < 4.78 is 0. The summed E-state index contributed by atoms with van der Waals surface area (Å²) in [6, 6.07) is 7.22. The molecule has 4 N–H and O–H groups in total. The number of nitrogens with zero attached hydrogens (tertiary/aromatic N) is 1. The monoisotopic (exact) mass is 226 g/mol. The van der Waals surface area contributed by atoms with Crippen LogP contribution in [0.3, 0.4) is 0 Å². The Kier molecular flexibility index (Phi) is 1.98. The molecule has 5 heteroatoms. The van der Waals surface area contributed by atoms with E-state index in [0.29, 0.717) is 11.1 Å². The van der Waals surface area contributed by atoms with Crippen molar-refractivity contribution >= 4 is 16.9 Å². The van der Waals surface area contributed by atoms with Gasteiger partial charge in [0.15, 0.2) is 0 Å². The van der Waals surface area contributed by atoms with Crippen LogP contribution in [0.2, 0.25) is 0 Å². The second-order valence-electron chi connectivity index (χ2n) is 3.75. The predicted octanol–water partition coefficient (Wildman–Crippen LogP) is 1.66. The number of imidazole rings is 1. The van der Waals surface area contributed by atoms with Crippen LogP contribution in [0.25, 0.3) is 22.4 Å². The first-order valence-corrected chi connectivity index (χ1v) is 5.17. The summed E-state index contributed by atoms with van der Waals surface area (Å²) in [4.78, 5) is 21.8. The summed E-state index contributed by atoms with van der Waals surface area (Å²) in [6.45, 7) is 0. The second-order valence-corrected chi connectivity index (χ2v) is 3.75. The lowest BCUT2D eigenvalue weighted by atomic mass is 10.2. The number of aromatic nitrogens is 3. The molecule has 3 aromatic rings. The Labute approximate surface area is 96.7 Å². The SMILES string of the molecule is NC(=O)c1cccc2[nH]c(-c3cc[nH]c3)nc12. The van der Waals surface area contributed by atoms with Crippen LogP contribution in [0.1, 0.15) is 10.4 Å². The van der Waals surface area contributed by atoms with Crippen LogP contribution < -0.4 is 5.73 Å². The molecule has 0 fully saturated rings. The van der Waals surface area contributed by atoms with E-state index in [9.17, 15) is 4.79 Å². The minimum absolute atomic E-state index is 0.431. The minimum atomic E-state index is -0.470. The van der Waals surface area contributed by atoms with Crippen molar-refractivity contribution in [1.29, 1.82) is 0 Å². The lowest BCUT2D eigenvalue weighted by Crippen LogP contribution is -2.11. The van der Waals surface area contributed by atoms with E-state index in [1.54, 1.807) is 12.1 Å². The number of hydrogen-bond donors (Lipinski definition) is 3. The Morgan fingerprint density at radius 1 is 1.29 bits per heavy atom. The van der Waals surface area contributed by atoms with Gasteiger partial charge >= 0.3 is 0 Å².